The van der Waals surface area contributed by atoms with Crippen molar-refractivity contribution in [1.29, 1.82) is 0 Å². The SMILES string of the molecule is CCSCCOC(=O)c1[nH]c2c(c1C)C(=O)CC(c1ccc(C(C)(C)C)cc1)C2. The first-order valence-corrected chi connectivity index (χ1v) is 11.5. The molecule has 4 nitrogen and oxygen atoms in total. The van der Waals surface area contributed by atoms with Crippen LogP contribution >= 0.6 is 11.8 Å². The first-order chi connectivity index (χ1) is 13.7. The van der Waals surface area contributed by atoms with Crippen molar-refractivity contribution in [3.8, 4) is 0 Å². The number of carbonyl (C=O) groups excluding carboxylic acids is 2. The number of hydrogen-bond acceptors (Lipinski definition) is 4. The zero-order valence-electron chi connectivity index (χ0n) is 18.1. The molecule has 0 amide bonds. The minimum absolute atomic E-state index is 0.102. The number of Topliss-reactive ketones (excluding diaryl/α,β-unsaturated/α-hetero) is 1. The van der Waals surface area contributed by atoms with E-state index < -0.39 is 0 Å². The van der Waals surface area contributed by atoms with Gasteiger partial charge in [-0.25, -0.2) is 4.79 Å². The summed E-state index contributed by atoms with van der Waals surface area (Å²) in [5.74, 6) is 1.65. The van der Waals surface area contributed by atoms with Gasteiger partial charge in [0.2, 0.25) is 0 Å². The van der Waals surface area contributed by atoms with E-state index in [-0.39, 0.29) is 23.1 Å². The number of thioether (sulfide) groups is 1. The van der Waals surface area contributed by atoms with E-state index in [0.717, 1.165) is 29.2 Å². The number of ketones is 1. The summed E-state index contributed by atoms with van der Waals surface area (Å²) in [7, 11) is 0. The summed E-state index contributed by atoms with van der Waals surface area (Å²) in [5, 5.41) is 0. The number of rotatable bonds is 6. The molecule has 1 atom stereocenters. The molecule has 1 N–H and O–H groups in total. The molecule has 0 fully saturated rings. The molecule has 5 heteroatoms. The van der Waals surface area contributed by atoms with Gasteiger partial charge in [0.25, 0.3) is 0 Å². The number of aromatic amines is 1. The first-order valence-electron chi connectivity index (χ1n) is 10.3. The Morgan fingerprint density at radius 1 is 1.21 bits per heavy atom. The van der Waals surface area contributed by atoms with E-state index >= 15 is 0 Å². The van der Waals surface area contributed by atoms with Crippen LogP contribution in [0.3, 0.4) is 0 Å². The van der Waals surface area contributed by atoms with E-state index in [0.29, 0.717) is 24.3 Å². The topological polar surface area (TPSA) is 59.2 Å². The summed E-state index contributed by atoms with van der Waals surface area (Å²) in [5.41, 5.74) is 5.25. The van der Waals surface area contributed by atoms with Crippen molar-refractivity contribution in [1.82, 2.24) is 4.98 Å². The molecule has 1 aliphatic carbocycles. The highest BCUT2D eigenvalue weighted by Crippen LogP contribution is 2.36. The van der Waals surface area contributed by atoms with Crippen LogP contribution < -0.4 is 0 Å². The van der Waals surface area contributed by atoms with Crippen molar-refractivity contribution < 1.29 is 14.3 Å². The standard InChI is InChI=1S/C24H31NO3S/c1-6-29-12-11-28-23(27)22-15(2)21-19(25-22)13-17(14-20(21)26)16-7-9-18(10-8-16)24(3,4)5/h7-10,17,25H,6,11-14H2,1-5H3. The monoisotopic (exact) mass is 413 g/mol. The molecule has 0 saturated heterocycles. The van der Waals surface area contributed by atoms with Gasteiger partial charge in [-0.1, -0.05) is 52.0 Å². The second kappa shape index (κ2) is 8.78. The van der Waals surface area contributed by atoms with Gasteiger partial charge in [0.15, 0.2) is 5.78 Å². The number of H-pyrrole nitrogens is 1. The molecular weight excluding hydrogens is 382 g/mol. The first kappa shape index (κ1) is 21.7. The van der Waals surface area contributed by atoms with Crippen LogP contribution in [0.5, 0.6) is 0 Å². The molecule has 0 saturated carbocycles. The average Bonchev–Trinajstić information content (AvgIpc) is 3.01. The van der Waals surface area contributed by atoms with E-state index in [1.807, 2.05) is 6.92 Å². The van der Waals surface area contributed by atoms with Crippen molar-refractivity contribution in [2.24, 2.45) is 0 Å². The average molecular weight is 414 g/mol. The highest BCUT2D eigenvalue weighted by Gasteiger charge is 2.32. The third kappa shape index (κ3) is 4.77. The van der Waals surface area contributed by atoms with Crippen LogP contribution in [0, 0.1) is 6.92 Å². The number of fused-ring (bicyclic) bond motifs is 1. The number of ether oxygens (including phenoxy) is 1. The lowest BCUT2D eigenvalue weighted by molar-refractivity contribution is 0.0523. The van der Waals surface area contributed by atoms with Gasteiger partial charge in [-0.05, 0) is 47.1 Å². The molecular formula is C24H31NO3S. The largest absolute Gasteiger partial charge is 0.460 e. The van der Waals surface area contributed by atoms with Crippen LogP contribution in [-0.2, 0) is 16.6 Å². The number of carbonyl (C=O) groups is 2. The minimum atomic E-state index is -0.368. The zero-order chi connectivity index (χ0) is 21.2. The summed E-state index contributed by atoms with van der Waals surface area (Å²) in [4.78, 5) is 28.5. The van der Waals surface area contributed by atoms with Gasteiger partial charge in [-0.2, -0.15) is 11.8 Å². The maximum Gasteiger partial charge on any atom is 0.355 e. The van der Waals surface area contributed by atoms with Gasteiger partial charge in [-0.3, -0.25) is 4.79 Å². The maximum atomic E-state index is 12.9. The molecule has 0 radical (unpaired) electrons. The Labute approximate surface area is 177 Å². The smallest absolute Gasteiger partial charge is 0.355 e. The van der Waals surface area contributed by atoms with Gasteiger partial charge in [-0.15, -0.1) is 0 Å². The van der Waals surface area contributed by atoms with Crippen molar-refractivity contribution in [2.75, 3.05) is 18.1 Å². The van der Waals surface area contributed by atoms with E-state index in [1.54, 1.807) is 11.8 Å². The zero-order valence-corrected chi connectivity index (χ0v) is 18.9. The number of hydrogen-bond donors (Lipinski definition) is 1. The minimum Gasteiger partial charge on any atom is -0.460 e. The fraction of sp³-hybridized carbons (Fsp3) is 0.500. The Bertz CT molecular complexity index is 890. The van der Waals surface area contributed by atoms with Crippen molar-refractivity contribution in [2.45, 2.75) is 58.8 Å². The van der Waals surface area contributed by atoms with Crippen LogP contribution in [0.1, 0.15) is 83.3 Å². The Kier molecular flexibility index (Phi) is 6.57. The van der Waals surface area contributed by atoms with E-state index in [9.17, 15) is 9.59 Å². The summed E-state index contributed by atoms with van der Waals surface area (Å²) in [6.45, 7) is 10.9. The number of esters is 1. The van der Waals surface area contributed by atoms with Crippen molar-refractivity contribution >= 4 is 23.5 Å². The Morgan fingerprint density at radius 2 is 1.90 bits per heavy atom. The molecule has 2 aromatic rings. The van der Waals surface area contributed by atoms with Gasteiger partial charge in [0.05, 0.1) is 0 Å². The molecule has 1 unspecified atom stereocenters. The van der Waals surface area contributed by atoms with Crippen LogP contribution in [-0.4, -0.2) is 34.8 Å². The van der Waals surface area contributed by atoms with Crippen LogP contribution in [0.2, 0.25) is 0 Å². The molecule has 1 aromatic carbocycles. The fourth-order valence-corrected chi connectivity index (χ4v) is 4.43. The number of nitrogens with one attached hydrogen (secondary N) is 1. The predicted molar refractivity (Wildman–Crippen MR) is 119 cm³/mol. The molecule has 0 bridgehead atoms. The van der Waals surface area contributed by atoms with E-state index in [2.05, 4.69) is 56.9 Å². The van der Waals surface area contributed by atoms with Gasteiger partial charge >= 0.3 is 5.97 Å². The van der Waals surface area contributed by atoms with Crippen LogP contribution in [0.25, 0.3) is 0 Å². The predicted octanol–water partition coefficient (Wildman–Crippen LogP) is 5.44. The third-order valence-corrected chi connectivity index (χ3v) is 6.47. The van der Waals surface area contributed by atoms with Gasteiger partial charge in [0.1, 0.15) is 12.3 Å². The number of aromatic nitrogens is 1. The fourth-order valence-electron chi connectivity index (χ4n) is 3.94. The molecule has 156 valence electrons. The highest BCUT2D eigenvalue weighted by molar-refractivity contribution is 7.99. The quantitative estimate of drug-likeness (QED) is 0.506. The normalized spacial score (nSPS) is 16.6. The van der Waals surface area contributed by atoms with Crippen LogP contribution in [0.4, 0.5) is 0 Å². The van der Waals surface area contributed by atoms with E-state index in [1.165, 1.54) is 11.1 Å². The van der Waals surface area contributed by atoms with Gasteiger partial charge in [0, 0.05) is 23.4 Å². The lowest BCUT2D eigenvalue weighted by atomic mass is 9.80. The second-order valence-electron chi connectivity index (χ2n) is 8.71. The molecule has 29 heavy (non-hydrogen) atoms. The Hall–Kier alpha value is -2.01. The summed E-state index contributed by atoms with van der Waals surface area (Å²) in [6.07, 6.45) is 1.21. The lowest BCUT2D eigenvalue weighted by Gasteiger charge is -2.24. The van der Waals surface area contributed by atoms with Gasteiger partial charge < -0.3 is 9.72 Å². The highest BCUT2D eigenvalue weighted by atomic mass is 32.2. The third-order valence-electron chi connectivity index (χ3n) is 5.61. The second-order valence-corrected chi connectivity index (χ2v) is 10.1. The molecule has 3 rings (SSSR count). The number of benzene rings is 1. The molecule has 1 heterocycles. The van der Waals surface area contributed by atoms with Crippen molar-refractivity contribution in [3.63, 3.8) is 0 Å². The summed E-state index contributed by atoms with van der Waals surface area (Å²) >= 11 is 1.74. The maximum absolute atomic E-state index is 12.9. The Morgan fingerprint density at radius 3 is 2.52 bits per heavy atom. The summed E-state index contributed by atoms with van der Waals surface area (Å²) in [6, 6.07) is 8.60. The van der Waals surface area contributed by atoms with Crippen molar-refractivity contribution in [3.05, 3.63) is 57.9 Å². The van der Waals surface area contributed by atoms with Crippen LogP contribution in [0.15, 0.2) is 24.3 Å². The van der Waals surface area contributed by atoms with E-state index in [4.69, 9.17) is 4.74 Å². The summed E-state index contributed by atoms with van der Waals surface area (Å²) < 4.78 is 5.38. The Balaban J connectivity index is 1.78. The molecule has 0 aliphatic heterocycles. The molecule has 1 aliphatic rings. The lowest BCUT2D eigenvalue weighted by Crippen LogP contribution is -2.19. The molecule has 0 spiro atoms. The molecule has 1 aromatic heterocycles.